The third kappa shape index (κ3) is 3.38. The molecular formula is C13H24N3O3. The lowest BCUT2D eigenvalue weighted by Crippen LogP contribution is -2.63. The highest BCUT2D eigenvalue weighted by Gasteiger charge is 2.46. The third-order valence-electron chi connectivity index (χ3n) is 3.56. The zero-order valence-corrected chi connectivity index (χ0v) is 12.0. The minimum atomic E-state index is -0.571. The molecule has 2 fully saturated rings. The maximum Gasteiger partial charge on any atom is 0.409 e. The van der Waals surface area contributed by atoms with E-state index in [0.717, 1.165) is 25.8 Å². The molecule has 6 heteroatoms. The summed E-state index contributed by atoms with van der Waals surface area (Å²) in [4.78, 5) is 14.0. The van der Waals surface area contributed by atoms with Gasteiger partial charge in [-0.2, -0.15) is 0 Å². The summed E-state index contributed by atoms with van der Waals surface area (Å²) in [7, 11) is 0. The average molecular weight is 270 g/mol. The number of aliphatic hydroxyl groups excluding tert-OH is 1. The van der Waals surface area contributed by atoms with Crippen LogP contribution in [0.2, 0.25) is 0 Å². The molecule has 0 spiro atoms. The van der Waals surface area contributed by atoms with Gasteiger partial charge < -0.3 is 15.2 Å². The predicted molar refractivity (Wildman–Crippen MR) is 70.5 cm³/mol. The Bertz CT molecular complexity index is 335. The van der Waals surface area contributed by atoms with Gasteiger partial charge in [0.2, 0.25) is 0 Å². The lowest BCUT2D eigenvalue weighted by atomic mass is 10.1. The van der Waals surface area contributed by atoms with Gasteiger partial charge in [-0.25, -0.2) is 10.1 Å². The van der Waals surface area contributed by atoms with Crippen molar-refractivity contribution in [1.82, 2.24) is 15.5 Å². The highest BCUT2D eigenvalue weighted by atomic mass is 16.6. The van der Waals surface area contributed by atoms with E-state index in [2.05, 4.69) is 10.6 Å². The monoisotopic (exact) mass is 270 g/mol. The van der Waals surface area contributed by atoms with Crippen LogP contribution < -0.4 is 10.6 Å². The van der Waals surface area contributed by atoms with Crippen LogP contribution in [-0.4, -0.2) is 53.2 Å². The Morgan fingerprint density at radius 2 is 2.26 bits per heavy atom. The molecule has 2 aliphatic heterocycles. The van der Waals surface area contributed by atoms with Crippen molar-refractivity contribution in [3.05, 3.63) is 0 Å². The fourth-order valence-corrected chi connectivity index (χ4v) is 2.76. The number of hydrogen-bond donors (Lipinski definition) is 2. The molecule has 0 bridgehead atoms. The van der Waals surface area contributed by atoms with Gasteiger partial charge in [0.25, 0.3) is 0 Å². The Balaban J connectivity index is 2.05. The van der Waals surface area contributed by atoms with Gasteiger partial charge in [0.1, 0.15) is 17.5 Å². The Morgan fingerprint density at radius 1 is 1.53 bits per heavy atom. The number of amides is 1. The van der Waals surface area contributed by atoms with Crippen molar-refractivity contribution >= 4 is 6.09 Å². The van der Waals surface area contributed by atoms with Crippen molar-refractivity contribution in [1.29, 1.82) is 0 Å². The molecule has 0 aromatic rings. The summed E-state index contributed by atoms with van der Waals surface area (Å²) >= 11 is 0. The lowest BCUT2D eigenvalue weighted by molar-refractivity contribution is -0.0502. The molecule has 109 valence electrons. The van der Waals surface area contributed by atoms with Crippen LogP contribution in [0.1, 0.15) is 40.0 Å². The highest BCUT2D eigenvalue weighted by molar-refractivity contribution is 5.68. The molecule has 2 N–H and O–H groups in total. The number of likely N-dealkylation sites (tertiary alicyclic amines) is 1. The van der Waals surface area contributed by atoms with E-state index in [1.165, 1.54) is 0 Å². The van der Waals surface area contributed by atoms with Gasteiger partial charge in [-0.05, 0) is 40.0 Å². The lowest BCUT2D eigenvalue weighted by Gasteiger charge is -2.40. The van der Waals surface area contributed by atoms with E-state index in [-0.39, 0.29) is 0 Å². The number of aliphatic hydroxyl groups is 1. The molecular weight excluding hydrogens is 246 g/mol. The quantitative estimate of drug-likeness (QED) is 0.771. The van der Waals surface area contributed by atoms with E-state index >= 15 is 0 Å². The van der Waals surface area contributed by atoms with Gasteiger partial charge in [0.15, 0.2) is 0 Å². The first-order valence-electron chi connectivity index (χ1n) is 6.92. The average Bonchev–Trinajstić information content (AvgIpc) is 2.84. The number of nitrogens with zero attached hydrogens (tertiary/aromatic N) is 2. The van der Waals surface area contributed by atoms with Gasteiger partial charge >= 0.3 is 6.09 Å². The van der Waals surface area contributed by atoms with Crippen LogP contribution in [0, 0.1) is 0 Å². The number of nitrogens with one attached hydrogen (secondary N) is 1. The third-order valence-corrected chi connectivity index (χ3v) is 3.56. The molecule has 1 radical (unpaired) electrons. The molecule has 0 aromatic carbocycles. The van der Waals surface area contributed by atoms with Crippen LogP contribution in [0.15, 0.2) is 0 Å². The van der Waals surface area contributed by atoms with Crippen LogP contribution in [-0.2, 0) is 4.74 Å². The molecule has 2 atom stereocenters. The first-order valence-corrected chi connectivity index (χ1v) is 6.92. The smallest absolute Gasteiger partial charge is 0.409 e. The second-order valence-electron chi connectivity index (χ2n) is 6.33. The zero-order chi connectivity index (χ0) is 14.1. The molecule has 2 rings (SSSR count). The van der Waals surface area contributed by atoms with E-state index < -0.39 is 23.6 Å². The predicted octanol–water partition coefficient (Wildman–Crippen LogP) is 0.630. The van der Waals surface area contributed by atoms with Gasteiger partial charge in [-0.15, -0.1) is 0 Å². The normalized spacial score (nSPS) is 32.5. The van der Waals surface area contributed by atoms with E-state index in [1.807, 2.05) is 25.7 Å². The number of carbonyl (C=O) groups excluding carboxylic acids is 1. The largest absolute Gasteiger partial charge is 0.444 e. The molecule has 2 saturated heterocycles. The number of ether oxygens (including phenoxy) is 1. The van der Waals surface area contributed by atoms with Crippen molar-refractivity contribution < 1.29 is 14.6 Å². The minimum absolute atomic E-state index is 0.441. The highest BCUT2D eigenvalue weighted by Crippen LogP contribution is 2.29. The van der Waals surface area contributed by atoms with Crippen LogP contribution in [0.5, 0.6) is 0 Å². The summed E-state index contributed by atoms with van der Waals surface area (Å²) in [5, 5.41) is 17.3. The summed E-state index contributed by atoms with van der Waals surface area (Å²) in [6, 6.07) is 0. The van der Waals surface area contributed by atoms with E-state index in [9.17, 15) is 9.90 Å². The molecule has 1 amide bonds. The molecule has 2 aliphatic rings. The Hall–Kier alpha value is -0.850. The summed E-state index contributed by atoms with van der Waals surface area (Å²) in [6.07, 6.45) is 1.48. The Morgan fingerprint density at radius 3 is 2.74 bits per heavy atom. The van der Waals surface area contributed by atoms with E-state index in [0.29, 0.717) is 13.1 Å². The van der Waals surface area contributed by atoms with Gasteiger partial charge in [0.05, 0.1) is 6.54 Å². The number of carbonyl (C=O) groups is 1. The van der Waals surface area contributed by atoms with Gasteiger partial charge in [-0.3, -0.25) is 4.90 Å². The second-order valence-corrected chi connectivity index (χ2v) is 6.33. The fraction of sp³-hybridized carbons (Fsp3) is 0.923. The molecule has 0 aromatic heterocycles. The number of hydrogen-bond acceptors (Lipinski definition) is 4. The van der Waals surface area contributed by atoms with Crippen molar-refractivity contribution in [2.24, 2.45) is 0 Å². The van der Waals surface area contributed by atoms with Crippen LogP contribution in [0.25, 0.3) is 0 Å². The maximum absolute atomic E-state index is 12.0. The summed E-state index contributed by atoms with van der Waals surface area (Å²) in [5.74, 6) is 0. The first kappa shape index (κ1) is 14.6. The van der Waals surface area contributed by atoms with Gasteiger partial charge in [0, 0.05) is 13.1 Å². The van der Waals surface area contributed by atoms with E-state index in [1.54, 1.807) is 0 Å². The standard InChI is InChI=1S/C13H24N3O3/c1-12(2,3)19-11(18)15-13(6-7-14-9-13)16-8-4-5-10(16)17/h10,17H,4-9H2,1-3H3,(H,15,18). The molecule has 0 saturated carbocycles. The zero-order valence-electron chi connectivity index (χ0n) is 12.0. The van der Waals surface area contributed by atoms with Crippen molar-refractivity contribution in [3.63, 3.8) is 0 Å². The Labute approximate surface area is 114 Å². The Kier molecular flexibility index (Phi) is 4.03. The van der Waals surface area contributed by atoms with Crippen molar-refractivity contribution in [2.75, 3.05) is 19.6 Å². The molecule has 2 heterocycles. The topological polar surface area (TPSA) is 75.9 Å². The molecule has 0 aliphatic carbocycles. The van der Waals surface area contributed by atoms with Crippen LogP contribution in [0.4, 0.5) is 4.79 Å². The van der Waals surface area contributed by atoms with Gasteiger partial charge in [-0.1, -0.05) is 0 Å². The number of rotatable bonds is 2. The number of alkyl carbamates (subject to hydrolysis) is 1. The summed E-state index contributed by atoms with van der Waals surface area (Å²) in [6.45, 7) is 7.52. The summed E-state index contributed by atoms with van der Waals surface area (Å²) in [5.41, 5.74) is -1.09. The molecule has 19 heavy (non-hydrogen) atoms. The van der Waals surface area contributed by atoms with Crippen LogP contribution in [0.3, 0.4) is 0 Å². The molecule has 6 nitrogen and oxygen atoms in total. The van der Waals surface area contributed by atoms with Crippen molar-refractivity contribution in [2.45, 2.75) is 57.5 Å². The minimum Gasteiger partial charge on any atom is -0.444 e. The SMILES string of the molecule is CC(C)(C)OC(=O)NC1(N2CCCC2O)CC[N]C1. The van der Waals surface area contributed by atoms with Crippen LogP contribution >= 0.6 is 0 Å². The second kappa shape index (κ2) is 5.26. The maximum atomic E-state index is 12.0. The summed E-state index contributed by atoms with van der Waals surface area (Å²) < 4.78 is 5.32. The fourth-order valence-electron chi connectivity index (χ4n) is 2.76. The molecule has 2 unspecified atom stereocenters. The van der Waals surface area contributed by atoms with E-state index in [4.69, 9.17) is 4.74 Å². The van der Waals surface area contributed by atoms with Crippen molar-refractivity contribution in [3.8, 4) is 0 Å². The first-order chi connectivity index (χ1) is 8.82.